The molecule has 5 nitrogen and oxygen atoms in total. The third-order valence-corrected chi connectivity index (χ3v) is 4.84. The molecule has 0 aromatic heterocycles. The van der Waals surface area contributed by atoms with E-state index in [1.165, 1.54) is 12.8 Å². The summed E-state index contributed by atoms with van der Waals surface area (Å²) in [7, 11) is 0. The van der Waals surface area contributed by atoms with Gasteiger partial charge in [-0.25, -0.2) is 0 Å². The van der Waals surface area contributed by atoms with Crippen molar-refractivity contribution in [3.05, 3.63) is 22.7 Å². The molecule has 6 heteroatoms. The van der Waals surface area contributed by atoms with E-state index in [1.807, 2.05) is 12.1 Å². The van der Waals surface area contributed by atoms with Crippen LogP contribution >= 0.6 is 11.6 Å². The van der Waals surface area contributed by atoms with Crippen molar-refractivity contribution in [3.8, 4) is 11.5 Å². The van der Waals surface area contributed by atoms with Crippen LogP contribution in [0.2, 0.25) is 5.02 Å². The molecule has 0 aliphatic carbocycles. The van der Waals surface area contributed by atoms with Crippen molar-refractivity contribution >= 4 is 11.6 Å². The molecule has 140 valence electrons. The van der Waals surface area contributed by atoms with Crippen LogP contribution in [0, 0.1) is 0 Å². The first-order chi connectivity index (χ1) is 12.1. The average Bonchev–Trinajstić information content (AvgIpc) is 2.57. The smallest absolute Gasteiger partial charge is 0.179 e. The average molecular weight is 369 g/mol. The maximum Gasteiger partial charge on any atom is 0.179 e. The van der Waals surface area contributed by atoms with Gasteiger partial charge in [0.1, 0.15) is 13.2 Å². The Balaban J connectivity index is 1.34. The first kappa shape index (κ1) is 18.8. The van der Waals surface area contributed by atoms with E-state index in [-0.39, 0.29) is 0 Å². The zero-order chi connectivity index (χ0) is 17.6. The monoisotopic (exact) mass is 368 g/mol. The molecule has 1 fully saturated rings. The lowest BCUT2D eigenvalue weighted by Crippen LogP contribution is -2.45. The third-order valence-electron chi connectivity index (χ3n) is 4.56. The van der Waals surface area contributed by atoms with Crippen LogP contribution in [-0.2, 0) is 11.3 Å². The molecule has 1 aromatic carbocycles. The predicted molar refractivity (Wildman–Crippen MR) is 99.8 cm³/mol. The number of ether oxygens (including phenoxy) is 3. The van der Waals surface area contributed by atoms with E-state index in [0.717, 1.165) is 44.0 Å². The number of morpholine rings is 1. The topological polar surface area (TPSA) is 43.0 Å². The van der Waals surface area contributed by atoms with E-state index >= 15 is 0 Å². The first-order valence-electron chi connectivity index (χ1n) is 9.28. The van der Waals surface area contributed by atoms with Crippen molar-refractivity contribution in [2.24, 2.45) is 0 Å². The third kappa shape index (κ3) is 5.48. The summed E-state index contributed by atoms with van der Waals surface area (Å²) in [5.41, 5.74) is 1.13. The molecule has 0 saturated carbocycles. The van der Waals surface area contributed by atoms with Gasteiger partial charge in [0.2, 0.25) is 0 Å². The summed E-state index contributed by atoms with van der Waals surface area (Å²) in [6, 6.07) is 3.97. The van der Waals surface area contributed by atoms with Crippen molar-refractivity contribution in [3.63, 3.8) is 0 Å². The van der Waals surface area contributed by atoms with Gasteiger partial charge < -0.3 is 19.5 Å². The maximum absolute atomic E-state index is 6.27. The maximum atomic E-state index is 6.27. The number of benzene rings is 1. The van der Waals surface area contributed by atoms with Crippen LogP contribution in [0.15, 0.2) is 12.1 Å². The molecule has 0 bridgehead atoms. The van der Waals surface area contributed by atoms with Gasteiger partial charge in [0.25, 0.3) is 0 Å². The van der Waals surface area contributed by atoms with Crippen molar-refractivity contribution in [1.82, 2.24) is 10.2 Å². The van der Waals surface area contributed by atoms with Crippen LogP contribution in [0.4, 0.5) is 0 Å². The summed E-state index contributed by atoms with van der Waals surface area (Å²) < 4.78 is 16.9. The fraction of sp³-hybridized carbons (Fsp3) is 0.684. The highest BCUT2D eigenvalue weighted by atomic mass is 35.5. The minimum absolute atomic E-state index is 0.349. The summed E-state index contributed by atoms with van der Waals surface area (Å²) in [5.74, 6) is 1.43. The lowest BCUT2D eigenvalue weighted by molar-refractivity contribution is -0.0681. The Labute approximate surface area is 155 Å². The Hall–Kier alpha value is -1.01. The van der Waals surface area contributed by atoms with Crippen LogP contribution in [-0.4, -0.2) is 56.5 Å². The van der Waals surface area contributed by atoms with E-state index in [4.69, 9.17) is 25.8 Å². The van der Waals surface area contributed by atoms with E-state index in [2.05, 4.69) is 24.1 Å². The minimum Gasteiger partial charge on any atom is -0.486 e. The molecular formula is C19H29ClN2O3. The molecule has 2 heterocycles. The van der Waals surface area contributed by atoms with Gasteiger partial charge in [-0.3, -0.25) is 4.90 Å². The normalized spacial score (nSPS) is 23.6. The fourth-order valence-electron chi connectivity index (χ4n) is 3.55. The Morgan fingerprint density at radius 2 is 1.88 bits per heavy atom. The van der Waals surface area contributed by atoms with Gasteiger partial charge in [-0.05, 0) is 57.5 Å². The highest BCUT2D eigenvalue weighted by Crippen LogP contribution is 2.38. The van der Waals surface area contributed by atoms with Crippen molar-refractivity contribution in [2.45, 2.75) is 45.4 Å². The number of nitrogens with one attached hydrogen (secondary N) is 1. The Morgan fingerprint density at radius 3 is 2.68 bits per heavy atom. The number of rotatable bonds is 7. The quantitative estimate of drug-likeness (QED) is 0.749. The van der Waals surface area contributed by atoms with Crippen LogP contribution in [0.5, 0.6) is 11.5 Å². The molecule has 0 spiro atoms. The SMILES string of the molecule is CC1CN(CCCCNCc2cc(Cl)c3c(c2)OCCO3)CC(C)O1. The predicted octanol–water partition coefficient (Wildman–Crippen LogP) is 3.09. The van der Waals surface area contributed by atoms with Crippen LogP contribution in [0.3, 0.4) is 0 Å². The standard InChI is InChI=1S/C19H29ClN2O3/c1-14-12-22(13-15(2)25-14)6-4-3-5-21-11-16-9-17(20)19-18(10-16)23-7-8-24-19/h9-10,14-15,21H,3-8,11-13H2,1-2H3. The van der Waals surface area contributed by atoms with Gasteiger partial charge in [0.15, 0.2) is 11.5 Å². The Morgan fingerprint density at radius 1 is 1.12 bits per heavy atom. The molecule has 2 aliphatic heterocycles. The van der Waals surface area contributed by atoms with Crippen LogP contribution < -0.4 is 14.8 Å². The number of hydrogen-bond donors (Lipinski definition) is 1. The lowest BCUT2D eigenvalue weighted by Gasteiger charge is -2.35. The molecule has 0 amide bonds. The molecular weight excluding hydrogens is 340 g/mol. The zero-order valence-corrected chi connectivity index (χ0v) is 16.0. The van der Waals surface area contributed by atoms with Gasteiger partial charge in [0, 0.05) is 19.6 Å². The minimum atomic E-state index is 0.349. The number of nitrogens with zero attached hydrogens (tertiary/aromatic N) is 1. The molecule has 1 saturated heterocycles. The lowest BCUT2D eigenvalue weighted by atomic mass is 10.2. The molecule has 2 unspecified atom stereocenters. The largest absolute Gasteiger partial charge is 0.486 e. The van der Waals surface area contributed by atoms with E-state index in [1.54, 1.807) is 0 Å². The van der Waals surface area contributed by atoms with Gasteiger partial charge in [-0.15, -0.1) is 0 Å². The number of halogens is 1. The van der Waals surface area contributed by atoms with Gasteiger partial charge in [-0.1, -0.05) is 11.6 Å². The fourth-order valence-corrected chi connectivity index (χ4v) is 3.84. The molecule has 1 aromatic rings. The number of unbranched alkanes of at least 4 members (excludes halogenated alkanes) is 1. The second kappa shape index (κ2) is 9.08. The van der Waals surface area contributed by atoms with Gasteiger partial charge in [-0.2, -0.15) is 0 Å². The van der Waals surface area contributed by atoms with Crippen LogP contribution in [0.25, 0.3) is 0 Å². The Kier molecular flexibility index (Phi) is 6.82. The molecule has 2 atom stereocenters. The van der Waals surface area contributed by atoms with Crippen molar-refractivity contribution in [1.29, 1.82) is 0 Å². The van der Waals surface area contributed by atoms with E-state index in [0.29, 0.717) is 36.2 Å². The number of fused-ring (bicyclic) bond motifs is 1. The zero-order valence-electron chi connectivity index (χ0n) is 15.2. The van der Waals surface area contributed by atoms with E-state index < -0.39 is 0 Å². The summed E-state index contributed by atoms with van der Waals surface area (Å²) in [5, 5.41) is 4.12. The molecule has 1 N–H and O–H groups in total. The highest BCUT2D eigenvalue weighted by molar-refractivity contribution is 6.32. The van der Waals surface area contributed by atoms with E-state index in [9.17, 15) is 0 Å². The summed E-state index contributed by atoms with van der Waals surface area (Å²) in [4.78, 5) is 2.51. The van der Waals surface area contributed by atoms with Crippen LogP contribution in [0.1, 0.15) is 32.3 Å². The molecule has 2 aliphatic rings. The van der Waals surface area contributed by atoms with Crippen molar-refractivity contribution < 1.29 is 14.2 Å². The summed E-state index contributed by atoms with van der Waals surface area (Å²) in [6.07, 6.45) is 3.07. The second-order valence-electron chi connectivity index (χ2n) is 7.00. The highest BCUT2D eigenvalue weighted by Gasteiger charge is 2.21. The van der Waals surface area contributed by atoms with Gasteiger partial charge >= 0.3 is 0 Å². The van der Waals surface area contributed by atoms with Gasteiger partial charge in [0.05, 0.1) is 17.2 Å². The number of hydrogen-bond acceptors (Lipinski definition) is 5. The summed E-state index contributed by atoms with van der Waals surface area (Å²) in [6.45, 7) is 10.5. The van der Waals surface area contributed by atoms with Crippen molar-refractivity contribution in [2.75, 3.05) is 39.4 Å². The summed E-state index contributed by atoms with van der Waals surface area (Å²) >= 11 is 6.27. The second-order valence-corrected chi connectivity index (χ2v) is 7.41. The molecule has 0 radical (unpaired) electrons. The molecule has 25 heavy (non-hydrogen) atoms. The first-order valence-corrected chi connectivity index (χ1v) is 9.66. The Bertz CT molecular complexity index is 560. The molecule has 3 rings (SSSR count).